The van der Waals surface area contributed by atoms with Crippen molar-refractivity contribution in [3.8, 4) is 0 Å². The van der Waals surface area contributed by atoms with Crippen LogP contribution in [0.1, 0.15) is 19.4 Å². The van der Waals surface area contributed by atoms with E-state index in [4.69, 9.17) is 0 Å². The molecule has 7 nitrogen and oxygen atoms in total. The van der Waals surface area contributed by atoms with Crippen molar-refractivity contribution >= 4 is 38.9 Å². The molecule has 2 aromatic rings. The molecule has 1 aliphatic rings. The Morgan fingerprint density at radius 2 is 1.67 bits per heavy atom. The standard InChI is InChI=1S/C19H21N3O4S/c1-4-22(14-7-5-6-12(2)10-14)27(25,26)15-8-9-16-17(11-15)21-19(24)13(3)18(23)20-16/h5-11,13H,4H2,1-3H3,(H,20,23)(H,21,24). The zero-order valence-electron chi connectivity index (χ0n) is 15.3. The molecule has 0 aliphatic carbocycles. The molecular formula is C19H21N3O4S. The summed E-state index contributed by atoms with van der Waals surface area (Å²) in [4.78, 5) is 24.0. The van der Waals surface area contributed by atoms with Crippen LogP contribution in [0.4, 0.5) is 17.1 Å². The molecule has 0 spiro atoms. The topological polar surface area (TPSA) is 95.6 Å². The second-order valence-corrected chi connectivity index (χ2v) is 8.28. The summed E-state index contributed by atoms with van der Waals surface area (Å²) in [6, 6.07) is 11.5. The molecule has 2 N–H and O–H groups in total. The molecule has 0 fully saturated rings. The molecule has 1 atom stereocenters. The fourth-order valence-electron chi connectivity index (χ4n) is 2.90. The van der Waals surface area contributed by atoms with Crippen molar-refractivity contribution < 1.29 is 18.0 Å². The average molecular weight is 387 g/mol. The lowest BCUT2D eigenvalue weighted by Gasteiger charge is -2.24. The van der Waals surface area contributed by atoms with Crippen LogP contribution in [-0.2, 0) is 19.6 Å². The van der Waals surface area contributed by atoms with Gasteiger partial charge in [-0.25, -0.2) is 8.42 Å². The van der Waals surface area contributed by atoms with Gasteiger partial charge in [0.25, 0.3) is 10.0 Å². The number of hydrogen-bond donors (Lipinski definition) is 2. The lowest BCUT2D eigenvalue weighted by atomic mass is 10.1. The molecule has 0 saturated heterocycles. The molecule has 0 bridgehead atoms. The Kier molecular flexibility index (Phi) is 4.93. The first-order valence-corrected chi connectivity index (χ1v) is 10.0. The molecule has 8 heteroatoms. The SMILES string of the molecule is CCN(c1cccc(C)c1)S(=O)(=O)c1ccc2c(c1)NC(=O)C(C)C(=O)N2. The van der Waals surface area contributed by atoms with Crippen LogP contribution in [0.5, 0.6) is 0 Å². The predicted octanol–water partition coefficient (Wildman–Crippen LogP) is 2.74. The van der Waals surface area contributed by atoms with Gasteiger partial charge in [0.05, 0.1) is 22.0 Å². The number of hydrogen-bond acceptors (Lipinski definition) is 4. The van der Waals surface area contributed by atoms with E-state index in [1.54, 1.807) is 25.1 Å². The summed E-state index contributed by atoms with van der Waals surface area (Å²) in [5.74, 6) is -1.78. The third-order valence-electron chi connectivity index (χ3n) is 4.46. The fourth-order valence-corrected chi connectivity index (χ4v) is 4.39. The van der Waals surface area contributed by atoms with E-state index in [0.717, 1.165) is 5.56 Å². The fraction of sp³-hybridized carbons (Fsp3) is 0.263. The van der Waals surface area contributed by atoms with Crippen molar-refractivity contribution in [3.05, 3.63) is 48.0 Å². The molecule has 2 aromatic carbocycles. The third kappa shape index (κ3) is 3.52. The summed E-state index contributed by atoms with van der Waals surface area (Å²) in [5, 5.41) is 5.25. The Morgan fingerprint density at radius 1 is 1.00 bits per heavy atom. The van der Waals surface area contributed by atoms with Gasteiger partial charge in [-0.1, -0.05) is 12.1 Å². The van der Waals surface area contributed by atoms with Crippen molar-refractivity contribution in [2.75, 3.05) is 21.5 Å². The molecule has 0 saturated carbocycles. The van der Waals surface area contributed by atoms with Crippen LogP contribution in [0, 0.1) is 12.8 Å². The highest BCUT2D eigenvalue weighted by Crippen LogP contribution is 2.31. The number of carbonyl (C=O) groups excluding carboxylic acids is 2. The minimum atomic E-state index is -3.84. The minimum absolute atomic E-state index is 0.0358. The summed E-state index contributed by atoms with van der Waals surface area (Å²) >= 11 is 0. The van der Waals surface area contributed by atoms with Gasteiger partial charge in [-0.3, -0.25) is 13.9 Å². The van der Waals surface area contributed by atoms with E-state index < -0.39 is 27.8 Å². The predicted molar refractivity (Wildman–Crippen MR) is 104 cm³/mol. The van der Waals surface area contributed by atoms with Crippen molar-refractivity contribution in [1.82, 2.24) is 0 Å². The second-order valence-electron chi connectivity index (χ2n) is 6.42. The maximum atomic E-state index is 13.2. The largest absolute Gasteiger partial charge is 0.324 e. The van der Waals surface area contributed by atoms with E-state index in [-0.39, 0.29) is 17.1 Å². The van der Waals surface area contributed by atoms with Gasteiger partial charge in [-0.15, -0.1) is 0 Å². The second kappa shape index (κ2) is 7.03. The number of sulfonamides is 1. The maximum absolute atomic E-state index is 13.2. The number of amides is 2. The van der Waals surface area contributed by atoms with Gasteiger partial charge in [0.1, 0.15) is 5.92 Å². The van der Waals surface area contributed by atoms with E-state index in [1.165, 1.54) is 29.4 Å². The molecule has 3 rings (SSSR count). The molecule has 0 radical (unpaired) electrons. The van der Waals surface area contributed by atoms with Crippen LogP contribution in [0.3, 0.4) is 0 Å². The van der Waals surface area contributed by atoms with Crippen molar-refractivity contribution in [2.45, 2.75) is 25.7 Å². The first-order chi connectivity index (χ1) is 12.7. The first kappa shape index (κ1) is 18.9. The van der Waals surface area contributed by atoms with E-state index in [2.05, 4.69) is 10.6 Å². The Balaban J connectivity index is 2.04. The third-order valence-corrected chi connectivity index (χ3v) is 6.36. The number of nitrogens with one attached hydrogen (secondary N) is 2. The molecule has 27 heavy (non-hydrogen) atoms. The molecule has 1 unspecified atom stereocenters. The van der Waals surface area contributed by atoms with Crippen LogP contribution >= 0.6 is 0 Å². The van der Waals surface area contributed by atoms with Gasteiger partial charge in [0.2, 0.25) is 11.8 Å². The normalized spacial score (nSPS) is 16.8. The Bertz CT molecular complexity index is 1020. The summed E-state index contributed by atoms with van der Waals surface area (Å²) in [6.45, 7) is 5.40. The average Bonchev–Trinajstić information content (AvgIpc) is 2.72. The summed E-state index contributed by atoms with van der Waals surface area (Å²) < 4.78 is 27.7. The highest BCUT2D eigenvalue weighted by atomic mass is 32.2. The van der Waals surface area contributed by atoms with Gasteiger partial charge in [0.15, 0.2) is 0 Å². The van der Waals surface area contributed by atoms with Crippen LogP contribution < -0.4 is 14.9 Å². The highest BCUT2D eigenvalue weighted by Gasteiger charge is 2.29. The van der Waals surface area contributed by atoms with E-state index in [1.807, 2.05) is 13.0 Å². The van der Waals surface area contributed by atoms with E-state index >= 15 is 0 Å². The first-order valence-electron chi connectivity index (χ1n) is 8.59. The zero-order valence-corrected chi connectivity index (χ0v) is 16.1. The Labute approximate surface area is 158 Å². The van der Waals surface area contributed by atoms with Gasteiger partial charge in [0, 0.05) is 6.54 Å². The van der Waals surface area contributed by atoms with E-state index in [0.29, 0.717) is 11.4 Å². The molecule has 0 aromatic heterocycles. The Morgan fingerprint density at radius 3 is 2.30 bits per heavy atom. The van der Waals surface area contributed by atoms with Gasteiger partial charge >= 0.3 is 0 Å². The summed E-state index contributed by atoms with van der Waals surface area (Å²) in [6.07, 6.45) is 0. The molecular weight excluding hydrogens is 366 g/mol. The number of fused-ring (bicyclic) bond motifs is 1. The van der Waals surface area contributed by atoms with Crippen LogP contribution in [0.15, 0.2) is 47.4 Å². The summed E-state index contributed by atoms with van der Waals surface area (Å²) in [7, 11) is -3.84. The maximum Gasteiger partial charge on any atom is 0.264 e. The van der Waals surface area contributed by atoms with E-state index in [9.17, 15) is 18.0 Å². The number of aryl methyl sites for hydroxylation is 1. The van der Waals surface area contributed by atoms with Crippen molar-refractivity contribution in [2.24, 2.45) is 5.92 Å². The molecule has 2 amide bonds. The Hall–Kier alpha value is -2.87. The lowest BCUT2D eigenvalue weighted by molar-refractivity contribution is -0.128. The quantitative estimate of drug-likeness (QED) is 0.789. The number of benzene rings is 2. The van der Waals surface area contributed by atoms with Gasteiger partial charge in [-0.2, -0.15) is 0 Å². The number of nitrogens with zero attached hydrogens (tertiary/aromatic N) is 1. The van der Waals surface area contributed by atoms with Crippen molar-refractivity contribution in [3.63, 3.8) is 0 Å². The van der Waals surface area contributed by atoms with Gasteiger partial charge < -0.3 is 10.6 Å². The molecule has 1 aliphatic heterocycles. The number of carbonyl (C=O) groups is 2. The lowest BCUT2D eigenvalue weighted by Crippen LogP contribution is -2.31. The minimum Gasteiger partial charge on any atom is -0.324 e. The van der Waals surface area contributed by atoms with Crippen LogP contribution in [0.25, 0.3) is 0 Å². The molecule has 1 heterocycles. The van der Waals surface area contributed by atoms with Crippen LogP contribution in [0.2, 0.25) is 0 Å². The molecule has 142 valence electrons. The number of anilines is 3. The summed E-state index contributed by atoms with van der Waals surface area (Å²) in [5.41, 5.74) is 2.15. The monoisotopic (exact) mass is 387 g/mol. The zero-order chi connectivity index (χ0) is 19.8. The van der Waals surface area contributed by atoms with Gasteiger partial charge in [-0.05, 0) is 56.7 Å². The van der Waals surface area contributed by atoms with Crippen molar-refractivity contribution in [1.29, 1.82) is 0 Å². The van der Waals surface area contributed by atoms with Crippen LogP contribution in [-0.4, -0.2) is 26.8 Å². The number of rotatable bonds is 4. The highest BCUT2D eigenvalue weighted by molar-refractivity contribution is 7.92. The smallest absolute Gasteiger partial charge is 0.264 e.